The molecule has 148 valence electrons. The van der Waals surface area contributed by atoms with Gasteiger partial charge in [0.25, 0.3) is 0 Å². The standard InChI is InChI=1S/C21H25N3O4/c25-14-19-18(24-20(26)11-15-5-4-10-22-13-15)9-8-17(28-19)12-21(27)23-16-6-2-1-3-7-16/h1-7,10,13,17-19,25H,8-9,11-12,14H2,(H,23,27)(H,24,26)/t17-,18+,19-/m1/s1. The van der Waals surface area contributed by atoms with Crippen LogP contribution in [-0.2, 0) is 20.7 Å². The zero-order valence-corrected chi connectivity index (χ0v) is 15.6. The minimum Gasteiger partial charge on any atom is -0.394 e. The molecule has 1 saturated heterocycles. The maximum atomic E-state index is 12.3. The van der Waals surface area contributed by atoms with Crippen LogP contribution >= 0.6 is 0 Å². The Balaban J connectivity index is 1.47. The molecule has 7 nitrogen and oxygen atoms in total. The van der Waals surface area contributed by atoms with Crippen molar-refractivity contribution in [1.82, 2.24) is 10.3 Å². The van der Waals surface area contributed by atoms with Crippen molar-refractivity contribution in [1.29, 1.82) is 0 Å². The molecule has 1 aromatic carbocycles. The molecule has 2 aromatic rings. The normalized spacial score (nSPS) is 21.7. The lowest BCUT2D eigenvalue weighted by atomic mass is 9.96. The van der Waals surface area contributed by atoms with Crippen LogP contribution in [0.5, 0.6) is 0 Å². The number of carbonyl (C=O) groups excluding carboxylic acids is 2. The van der Waals surface area contributed by atoms with E-state index in [9.17, 15) is 14.7 Å². The summed E-state index contributed by atoms with van der Waals surface area (Å²) in [5.74, 6) is -0.271. The van der Waals surface area contributed by atoms with Crippen molar-refractivity contribution in [2.75, 3.05) is 11.9 Å². The van der Waals surface area contributed by atoms with Crippen molar-refractivity contribution in [3.05, 3.63) is 60.4 Å². The van der Waals surface area contributed by atoms with Gasteiger partial charge in [-0.2, -0.15) is 0 Å². The van der Waals surface area contributed by atoms with Crippen LogP contribution in [0.4, 0.5) is 5.69 Å². The molecule has 2 amide bonds. The summed E-state index contributed by atoms with van der Waals surface area (Å²) in [4.78, 5) is 28.5. The molecule has 1 aliphatic heterocycles. The number of aliphatic hydroxyl groups excluding tert-OH is 1. The number of rotatable bonds is 7. The average molecular weight is 383 g/mol. The Morgan fingerprint density at radius 2 is 1.93 bits per heavy atom. The van der Waals surface area contributed by atoms with Crippen LogP contribution in [-0.4, -0.2) is 46.8 Å². The Hall–Kier alpha value is -2.77. The highest BCUT2D eigenvalue weighted by Gasteiger charge is 2.32. The summed E-state index contributed by atoms with van der Waals surface area (Å²) in [7, 11) is 0. The molecule has 1 fully saturated rings. The molecule has 0 bridgehead atoms. The third-order valence-corrected chi connectivity index (χ3v) is 4.70. The summed E-state index contributed by atoms with van der Waals surface area (Å²) in [5.41, 5.74) is 1.57. The second-order valence-corrected chi connectivity index (χ2v) is 6.89. The smallest absolute Gasteiger partial charge is 0.226 e. The fourth-order valence-corrected chi connectivity index (χ4v) is 3.33. The quantitative estimate of drug-likeness (QED) is 0.675. The molecular formula is C21H25N3O4. The Morgan fingerprint density at radius 1 is 1.11 bits per heavy atom. The van der Waals surface area contributed by atoms with Gasteiger partial charge in [-0.15, -0.1) is 0 Å². The van der Waals surface area contributed by atoms with Crippen molar-refractivity contribution in [2.24, 2.45) is 0 Å². The summed E-state index contributed by atoms with van der Waals surface area (Å²) in [6.07, 6.45) is 4.22. The van der Waals surface area contributed by atoms with Gasteiger partial charge >= 0.3 is 0 Å². The van der Waals surface area contributed by atoms with E-state index in [4.69, 9.17) is 4.74 Å². The minimum absolute atomic E-state index is 0.132. The van der Waals surface area contributed by atoms with Gasteiger partial charge in [0.1, 0.15) is 6.10 Å². The van der Waals surface area contributed by atoms with Crippen LogP contribution < -0.4 is 10.6 Å². The molecule has 3 N–H and O–H groups in total. The third kappa shape index (κ3) is 5.87. The molecular weight excluding hydrogens is 358 g/mol. The van der Waals surface area contributed by atoms with Gasteiger partial charge < -0.3 is 20.5 Å². The SMILES string of the molecule is O=C(C[C@H]1CC[C@H](NC(=O)Cc2cccnc2)[C@@H](CO)O1)Nc1ccccc1. The Labute approximate surface area is 164 Å². The van der Waals surface area contributed by atoms with Gasteiger partial charge in [-0.1, -0.05) is 24.3 Å². The van der Waals surface area contributed by atoms with Crippen molar-refractivity contribution in [2.45, 2.75) is 43.9 Å². The van der Waals surface area contributed by atoms with E-state index in [0.29, 0.717) is 12.8 Å². The van der Waals surface area contributed by atoms with E-state index in [1.165, 1.54) is 0 Å². The number of pyridine rings is 1. The zero-order chi connectivity index (χ0) is 19.8. The van der Waals surface area contributed by atoms with Crippen LogP contribution in [0.1, 0.15) is 24.8 Å². The molecule has 2 heterocycles. The number of para-hydroxylation sites is 1. The summed E-state index contributed by atoms with van der Waals surface area (Å²) in [6.45, 7) is -0.214. The number of aromatic nitrogens is 1. The van der Waals surface area contributed by atoms with E-state index in [1.54, 1.807) is 18.5 Å². The van der Waals surface area contributed by atoms with E-state index < -0.39 is 6.10 Å². The van der Waals surface area contributed by atoms with Crippen LogP contribution in [0.2, 0.25) is 0 Å². The molecule has 3 rings (SSSR count). The fourth-order valence-electron chi connectivity index (χ4n) is 3.33. The number of benzene rings is 1. The number of aliphatic hydroxyl groups is 1. The van der Waals surface area contributed by atoms with Crippen LogP contribution in [0.15, 0.2) is 54.9 Å². The Kier molecular flexibility index (Phi) is 7.11. The second-order valence-electron chi connectivity index (χ2n) is 6.89. The van der Waals surface area contributed by atoms with Gasteiger partial charge in [-0.05, 0) is 36.6 Å². The zero-order valence-electron chi connectivity index (χ0n) is 15.6. The van der Waals surface area contributed by atoms with Crippen molar-refractivity contribution in [3.8, 4) is 0 Å². The Morgan fingerprint density at radius 3 is 2.64 bits per heavy atom. The number of nitrogens with one attached hydrogen (secondary N) is 2. The highest BCUT2D eigenvalue weighted by Crippen LogP contribution is 2.22. The summed E-state index contributed by atoms with van der Waals surface area (Å²) < 4.78 is 5.87. The predicted molar refractivity (Wildman–Crippen MR) is 105 cm³/mol. The summed E-state index contributed by atoms with van der Waals surface area (Å²) >= 11 is 0. The Bertz CT molecular complexity index is 770. The van der Waals surface area contributed by atoms with Crippen LogP contribution in [0, 0.1) is 0 Å². The molecule has 3 atom stereocenters. The molecule has 0 radical (unpaired) electrons. The fraction of sp³-hybridized carbons (Fsp3) is 0.381. The van der Waals surface area contributed by atoms with Crippen molar-refractivity contribution >= 4 is 17.5 Å². The number of hydrogen-bond acceptors (Lipinski definition) is 5. The maximum Gasteiger partial charge on any atom is 0.226 e. The first kappa shape index (κ1) is 20.0. The van der Waals surface area contributed by atoms with Gasteiger partial charge in [-0.3, -0.25) is 14.6 Å². The number of hydrogen-bond donors (Lipinski definition) is 3. The number of amides is 2. The molecule has 0 unspecified atom stereocenters. The monoisotopic (exact) mass is 383 g/mol. The average Bonchev–Trinajstić information content (AvgIpc) is 2.70. The highest BCUT2D eigenvalue weighted by molar-refractivity contribution is 5.91. The predicted octanol–water partition coefficient (Wildman–Crippen LogP) is 1.68. The van der Waals surface area contributed by atoms with E-state index >= 15 is 0 Å². The molecule has 1 aliphatic rings. The second kappa shape index (κ2) is 9.96. The van der Waals surface area contributed by atoms with Crippen molar-refractivity contribution in [3.63, 3.8) is 0 Å². The van der Waals surface area contributed by atoms with Gasteiger partial charge in [-0.25, -0.2) is 0 Å². The van der Waals surface area contributed by atoms with E-state index in [2.05, 4.69) is 15.6 Å². The lowest BCUT2D eigenvalue weighted by molar-refractivity contribution is -0.133. The first-order valence-corrected chi connectivity index (χ1v) is 9.43. The highest BCUT2D eigenvalue weighted by atomic mass is 16.5. The first-order chi connectivity index (χ1) is 13.6. The number of nitrogens with zero attached hydrogens (tertiary/aromatic N) is 1. The number of ether oxygens (including phenoxy) is 1. The summed E-state index contributed by atoms with van der Waals surface area (Å²) in [5, 5.41) is 15.4. The number of carbonyl (C=O) groups is 2. The lowest BCUT2D eigenvalue weighted by Crippen LogP contribution is -2.51. The topological polar surface area (TPSA) is 101 Å². The molecule has 1 aromatic heterocycles. The maximum absolute atomic E-state index is 12.3. The summed E-state index contributed by atoms with van der Waals surface area (Å²) in [6, 6.07) is 12.6. The third-order valence-electron chi connectivity index (χ3n) is 4.70. The number of anilines is 1. The van der Waals surface area contributed by atoms with E-state index in [1.807, 2.05) is 36.4 Å². The van der Waals surface area contributed by atoms with Crippen LogP contribution in [0.25, 0.3) is 0 Å². The first-order valence-electron chi connectivity index (χ1n) is 9.43. The molecule has 0 saturated carbocycles. The molecule has 0 spiro atoms. The van der Waals surface area contributed by atoms with E-state index in [-0.39, 0.29) is 43.4 Å². The minimum atomic E-state index is -0.527. The van der Waals surface area contributed by atoms with Gasteiger partial charge in [0.2, 0.25) is 11.8 Å². The van der Waals surface area contributed by atoms with Crippen LogP contribution in [0.3, 0.4) is 0 Å². The molecule has 7 heteroatoms. The lowest BCUT2D eigenvalue weighted by Gasteiger charge is -2.36. The van der Waals surface area contributed by atoms with Gasteiger partial charge in [0.05, 0.1) is 31.6 Å². The van der Waals surface area contributed by atoms with Gasteiger partial charge in [0.15, 0.2) is 0 Å². The van der Waals surface area contributed by atoms with Crippen molar-refractivity contribution < 1.29 is 19.4 Å². The van der Waals surface area contributed by atoms with E-state index in [0.717, 1.165) is 11.3 Å². The molecule has 28 heavy (non-hydrogen) atoms. The van der Waals surface area contributed by atoms with Gasteiger partial charge in [0, 0.05) is 18.1 Å². The largest absolute Gasteiger partial charge is 0.394 e. The molecule has 0 aliphatic carbocycles.